The molecule has 4 rings (SSSR count). The maximum absolute atomic E-state index is 11.3. The number of fused-ring (bicyclic) bond motifs is 1. The number of carboxylic acid groups (broad SMARTS) is 1. The Hall–Kier alpha value is -2.51. The molecule has 1 aromatic carbocycles. The monoisotopic (exact) mass is 354 g/mol. The standard InChI is InChI=1S/C18H18N4O2S/c23-18(24)13-5-3-7-19-15(13)12-21-8-10-22(11-9-21)17-14-4-1-2-6-16(14)25-20-17/h1-7H,8-12H2,(H,23,24). The summed E-state index contributed by atoms with van der Waals surface area (Å²) in [6, 6.07) is 11.6. The first-order valence-corrected chi connectivity index (χ1v) is 8.98. The van der Waals surface area contributed by atoms with Crippen LogP contribution in [0.15, 0.2) is 42.6 Å². The average molecular weight is 354 g/mol. The van der Waals surface area contributed by atoms with Gasteiger partial charge in [0.05, 0.1) is 16.0 Å². The van der Waals surface area contributed by atoms with Crippen molar-refractivity contribution in [2.45, 2.75) is 6.54 Å². The molecule has 7 heteroatoms. The number of rotatable bonds is 4. The first kappa shape index (κ1) is 16.0. The number of nitrogens with zero attached hydrogens (tertiary/aromatic N) is 4. The first-order valence-electron chi connectivity index (χ1n) is 8.21. The summed E-state index contributed by atoms with van der Waals surface area (Å²) in [6.45, 7) is 4.04. The molecule has 3 aromatic rings. The van der Waals surface area contributed by atoms with E-state index in [-0.39, 0.29) is 5.56 Å². The molecule has 0 saturated carbocycles. The highest BCUT2D eigenvalue weighted by Gasteiger charge is 2.22. The molecule has 0 unspecified atom stereocenters. The van der Waals surface area contributed by atoms with Crippen LogP contribution in [-0.2, 0) is 6.54 Å². The fourth-order valence-electron chi connectivity index (χ4n) is 3.19. The second kappa shape index (κ2) is 6.78. The summed E-state index contributed by atoms with van der Waals surface area (Å²) in [4.78, 5) is 20.1. The molecule has 128 valence electrons. The van der Waals surface area contributed by atoms with E-state index in [0.29, 0.717) is 12.2 Å². The molecule has 0 spiro atoms. The molecule has 1 fully saturated rings. The van der Waals surface area contributed by atoms with Crippen LogP contribution < -0.4 is 4.90 Å². The second-order valence-corrected chi connectivity index (χ2v) is 6.87. The molecule has 0 radical (unpaired) electrons. The number of pyridine rings is 1. The van der Waals surface area contributed by atoms with E-state index in [4.69, 9.17) is 0 Å². The van der Waals surface area contributed by atoms with Crippen molar-refractivity contribution in [2.24, 2.45) is 0 Å². The fourth-order valence-corrected chi connectivity index (χ4v) is 3.98. The fraction of sp³-hybridized carbons (Fsp3) is 0.278. The highest BCUT2D eigenvalue weighted by Crippen LogP contribution is 2.29. The molecule has 1 N–H and O–H groups in total. The van der Waals surface area contributed by atoms with Crippen molar-refractivity contribution in [1.29, 1.82) is 0 Å². The van der Waals surface area contributed by atoms with Crippen LogP contribution in [0.1, 0.15) is 16.1 Å². The first-order chi connectivity index (χ1) is 12.2. The molecule has 0 atom stereocenters. The summed E-state index contributed by atoms with van der Waals surface area (Å²) in [5, 5.41) is 10.5. The molecule has 3 heterocycles. The highest BCUT2D eigenvalue weighted by molar-refractivity contribution is 7.13. The lowest BCUT2D eigenvalue weighted by molar-refractivity contribution is 0.0693. The van der Waals surface area contributed by atoms with Crippen molar-refractivity contribution >= 4 is 33.4 Å². The average Bonchev–Trinajstić information content (AvgIpc) is 3.07. The number of carbonyl (C=O) groups is 1. The van der Waals surface area contributed by atoms with E-state index in [1.807, 2.05) is 12.1 Å². The molecule has 2 aromatic heterocycles. The van der Waals surface area contributed by atoms with E-state index in [0.717, 1.165) is 32.0 Å². The van der Waals surface area contributed by atoms with Crippen molar-refractivity contribution < 1.29 is 9.90 Å². The number of piperazine rings is 1. The van der Waals surface area contributed by atoms with Crippen LogP contribution in [0, 0.1) is 0 Å². The number of benzene rings is 1. The smallest absolute Gasteiger partial charge is 0.337 e. The summed E-state index contributed by atoms with van der Waals surface area (Å²) < 4.78 is 5.83. The normalized spacial score (nSPS) is 15.6. The Labute approximate surface area is 149 Å². The Morgan fingerprint density at radius 2 is 1.92 bits per heavy atom. The molecule has 0 aliphatic carbocycles. The van der Waals surface area contributed by atoms with Gasteiger partial charge in [0, 0.05) is 44.3 Å². The van der Waals surface area contributed by atoms with Crippen LogP contribution in [-0.4, -0.2) is 51.5 Å². The number of carboxylic acids is 1. The quantitative estimate of drug-likeness (QED) is 0.777. The van der Waals surface area contributed by atoms with Crippen molar-refractivity contribution in [2.75, 3.05) is 31.1 Å². The number of aromatic carboxylic acids is 1. The third-order valence-corrected chi connectivity index (χ3v) is 5.34. The molecule has 0 bridgehead atoms. The van der Waals surface area contributed by atoms with Crippen molar-refractivity contribution in [3.05, 3.63) is 53.9 Å². The predicted molar refractivity (Wildman–Crippen MR) is 98.3 cm³/mol. The summed E-state index contributed by atoms with van der Waals surface area (Å²) in [5.41, 5.74) is 0.915. The Bertz CT molecular complexity index is 903. The number of hydrogen-bond donors (Lipinski definition) is 1. The lowest BCUT2D eigenvalue weighted by Gasteiger charge is -2.35. The van der Waals surface area contributed by atoms with Crippen LogP contribution in [0.25, 0.3) is 10.1 Å². The van der Waals surface area contributed by atoms with Gasteiger partial charge in [0.15, 0.2) is 0 Å². The maximum Gasteiger partial charge on any atom is 0.337 e. The zero-order valence-corrected chi connectivity index (χ0v) is 14.4. The van der Waals surface area contributed by atoms with Crippen molar-refractivity contribution in [1.82, 2.24) is 14.3 Å². The lowest BCUT2D eigenvalue weighted by atomic mass is 10.1. The van der Waals surface area contributed by atoms with Gasteiger partial charge in [-0.25, -0.2) is 4.79 Å². The maximum atomic E-state index is 11.3. The Kier molecular flexibility index (Phi) is 4.33. The lowest BCUT2D eigenvalue weighted by Crippen LogP contribution is -2.46. The zero-order valence-electron chi connectivity index (χ0n) is 13.6. The van der Waals surface area contributed by atoms with E-state index in [9.17, 15) is 9.90 Å². The van der Waals surface area contributed by atoms with Gasteiger partial charge < -0.3 is 10.0 Å². The number of anilines is 1. The molecular weight excluding hydrogens is 336 g/mol. The summed E-state index contributed by atoms with van der Waals surface area (Å²) in [6.07, 6.45) is 1.65. The number of hydrogen-bond acceptors (Lipinski definition) is 6. The predicted octanol–water partition coefficient (Wildman–Crippen LogP) is 2.71. The van der Waals surface area contributed by atoms with Crippen LogP contribution in [0.2, 0.25) is 0 Å². The Morgan fingerprint density at radius 1 is 1.12 bits per heavy atom. The van der Waals surface area contributed by atoms with Crippen LogP contribution in [0.5, 0.6) is 0 Å². The minimum atomic E-state index is -0.921. The van der Waals surface area contributed by atoms with Crippen molar-refractivity contribution in [3.63, 3.8) is 0 Å². The van der Waals surface area contributed by atoms with E-state index in [2.05, 4.69) is 31.3 Å². The van der Waals surface area contributed by atoms with E-state index in [1.54, 1.807) is 18.3 Å². The van der Waals surface area contributed by atoms with Crippen LogP contribution in [0.4, 0.5) is 5.82 Å². The Morgan fingerprint density at radius 3 is 2.72 bits per heavy atom. The molecule has 1 aliphatic rings. The van der Waals surface area contributed by atoms with Gasteiger partial charge in [-0.05, 0) is 35.8 Å². The summed E-state index contributed by atoms with van der Waals surface area (Å²) in [5.74, 6) is 0.139. The van der Waals surface area contributed by atoms with E-state index in [1.165, 1.54) is 21.6 Å². The SMILES string of the molecule is O=C(O)c1cccnc1CN1CCN(c2nsc3ccccc23)CC1. The van der Waals surface area contributed by atoms with Crippen LogP contribution in [0.3, 0.4) is 0 Å². The third-order valence-electron chi connectivity index (χ3n) is 4.52. The minimum Gasteiger partial charge on any atom is -0.478 e. The molecule has 1 aliphatic heterocycles. The minimum absolute atomic E-state index is 0.287. The largest absolute Gasteiger partial charge is 0.478 e. The van der Waals surface area contributed by atoms with Gasteiger partial charge in [0.1, 0.15) is 5.82 Å². The topological polar surface area (TPSA) is 69.6 Å². The molecule has 1 saturated heterocycles. The molecule has 6 nitrogen and oxygen atoms in total. The summed E-state index contributed by atoms with van der Waals surface area (Å²) in [7, 11) is 0. The summed E-state index contributed by atoms with van der Waals surface area (Å²) >= 11 is 1.54. The van der Waals surface area contributed by atoms with Gasteiger partial charge in [-0.15, -0.1) is 0 Å². The van der Waals surface area contributed by atoms with E-state index >= 15 is 0 Å². The third kappa shape index (κ3) is 3.20. The second-order valence-electron chi connectivity index (χ2n) is 6.07. The van der Waals surface area contributed by atoms with Gasteiger partial charge in [-0.1, -0.05) is 12.1 Å². The molecule has 0 amide bonds. The molecular formula is C18H18N4O2S. The van der Waals surface area contributed by atoms with Crippen LogP contribution >= 0.6 is 11.5 Å². The highest BCUT2D eigenvalue weighted by atomic mass is 32.1. The van der Waals surface area contributed by atoms with E-state index < -0.39 is 5.97 Å². The zero-order chi connectivity index (χ0) is 17.2. The van der Waals surface area contributed by atoms with Gasteiger partial charge in [-0.2, -0.15) is 4.37 Å². The van der Waals surface area contributed by atoms with Crippen molar-refractivity contribution in [3.8, 4) is 0 Å². The van der Waals surface area contributed by atoms with Gasteiger partial charge in [-0.3, -0.25) is 9.88 Å². The van der Waals surface area contributed by atoms with Gasteiger partial charge in [0.2, 0.25) is 0 Å². The number of aromatic nitrogens is 2. The molecule has 25 heavy (non-hydrogen) atoms. The van der Waals surface area contributed by atoms with Gasteiger partial charge in [0.25, 0.3) is 0 Å². The Balaban J connectivity index is 1.45. The van der Waals surface area contributed by atoms with Gasteiger partial charge >= 0.3 is 5.97 Å².